The second-order valence-corrected chi connectivity index (χ2v) is 7.57. The van der Waals surface area contributed by atoms with Crippen LogP contribution >= 0.6 is 0 Å². The van der Waals surface area contributed by atoms with Crippen LogP contribution in [-0.4, -0.2) is 38.0 Å². The van der Waals surface area contributed by atoms with Gasteiger partial charge in [0.25, 0.3) is 11.8 Å². The number of benzene rings is 3. The molecule has 0 atom stereocenters. The number of nitrogens with one attached hydrogen (secondary N) is 3. The van der Waals surface area contributed by atoms with Crippen LogP contribution in [0, 0.1) is 0 Å². The Balaban J connectivity index is 1.73. The molecule has 172 valence electrons. The molecule has 1 aliphatic heterocycles. The first kappa shape index (κ1) is 22.8. The van der Waals surface area contributed by atoms with E-state index in [-0.39, 0.29) is 11.8 Å². The lowest BCUT2D eigenvalue weighted by Gasteiger charge is -2.15. The lowest BCUT2D eigenvalue weighted by atomic mass is 9.99. The molecule has 4 rings (SSSR count). The first-order chi connectivity index (χ1) is 16.5. The number of anilines is 2. The molecule has 0 unspecified atom stereocenters. The molecule has 1 aliphatic rings. The highest BCUT2D eigenvalue weighted by molar-refractivity contribution is 6.37. The van der Waals surface area contributed by atoms with Crippen LogP contribution in [0.4, 0.5) is 11.4 Å². The molecule has 0 fully saturated rings. The Labute approximate surface area is 196 Å². The van der Waals surface area contributed by atoms with Crippen molar-refractivity contribution in [2.75, 3.05) is 30.8 Å². The summed E-state index contributed by atoms with van der Waals surface area (Å²) in [4.78, 5) is 37.1. The summed E-state index contributed by atoms with van der Waals surface area (Å²) >= 11 is 0. The smallest absolute Gasteiger partial charge is 0.337 e. The molecule has 0 saturated heterocycles. The Morgan fingerprint density at radius 1 is 0.941 bits per heavy atom. The van der Waals surface area contributed by atoms with E-state index in [1.54, 1.807) is 42.5 Å². The van der Waals surface area contributed by atoms with Crippen molar-refractivity contribution in [3.63, 3.8) is 0 Å². The third-order valence-corrected chi connectivity index (χ3v) is 5.34. The Morgan fingerprint density at radius 2 is 1.65 bits per heavy atom. The molecule has 0 aromatic heterocycles. The van der Waals surface area contributed by atoms with Crippen LogP contribution in [-0.2, 0) is 9.53 Å². The van der Waals surface area contributed by atoms with Crippen molar-refractivity contribution in [2.24, 2.45) is 5.73 Å². The standard InChI is InChI=1S/C26H24N4O4/c1-34-26(33)18-9-12-20-21(15-18)30-25(32)22(20)23(16-5-3-2-4-6-16)29-19-10-7-17(8-11-19)24(31)28-14-13-27/h2-12,15,29H,13-14,27H2,1H3,(H,28,31)(H,30,32)/b23-22-. The van der Waals surface area contributed by atoms with E-state index < -0.39 is 5.97 Å². The zero-order valence-corrected chi connectivity index (χ0v) is 18.6. The zero-order valence-electron chi connectivity index (χ0n) is 18.6. The van der Waals surface area contributed by atoms with Crippen LogP contribution in [0.25, 0.3) is 11.3 Å². The first-order valence-electron chi connectivity index (χ1n) is 10.7. The molecule has 0 saturated carbocycles. The Morgan fingerprint density at radius 3 is 2.32 bits per heavy atom. The molecule has 0 radical (unpaired) electrons. The van der Waals surface area contributed by atoms with Crippen molar-refractivity contribution in [3.05, 3.63) is 95.1 Å². The van der Waals surface area contributed by atoms with E-state index in [0.29, 0.717) is 52.4 Å². The van der Waals surface area contributed by atoms with E-state index in [0.717, 1.165) is 5.56 Å². The van der Waals surface area contributed by atoms with Gasteiger partial charge in [-0.15, -0.1) is 0 Å². The fourth-order valence-electron chi connectivity index (χ4n) is 3.69. The maximum Gasteiger partial charge on any atom is 0.337 e. The number of hydrogen-bond acceptors (Lipinski definition) is 6. The maximum absolute atomic E-state index is 13.0. The summed E-state index contributed by atoms with van der Waals surface area (Å²) in [5.74, 6) is -0.975. The van der Waals surface area contributed by atoms with Gasteiger partial charge < -0.3 is 26.4 Å². The molecule has 0 bridgehead atoms. The minimum atomic E-state index is -0.480. The Bertz CT molecular complexity index is 1270. The second kappa shape index (κ2) is 10.0. The minimum Gasteiger partial charge on any atom is -0.465 e. The molecule has 0 aliphatic carbocycles. The predicted molar refractivity (Wildman–Crippen MR) is 131 cm³/mol. The molecule has 0 spiro atoms. The number of nitrogens with two attached hydrogens (primary N) is 1. The highest BCUT2D eigenvalue weighted by Crippen LogP contribution is 2.38. The third kappa shape index (κ3) is 4.67. The van der Waals surface area contributed by atoms with E-state index in [2.05, 4.69) is 16.0 Å². The molecule has 3 aromatic rings. The summed E-state index contributed by atoms with van der Waals surface area (Å²) in [5, 5.41) is 8.91. The molecule has 34 heavy (non-hydrogen) atoms. The van der Waals surface area contributed by atoms with E-state index >= 15 is 0 Å². The fourth-order valence-corrected chi connectivity index (χ4v) is 3.69. The molecular weight excluding hydrogens is 432 g/mol. The lowest BCUT2D eigenvalue weighted by molar-refractivity contribution is -0.110. The van der Waals surface area contributed by atoms with Gasteiger partial charge in [0.05, 0.1) is 29.6 Å². The van der Waals surface area contributed by atoms with Crippen LogP contribution in [0.2, 0.25) is 0 Å². The number of methoxy groups -OCH3 is 1. The highest BCUT2D eigenvalue weighted by atomic mass is 16.5. The summed E-state index contributed by atoms with van der Waals surface area (Å²) < 4.78 is 4.78. The van der Waals surface area contributed by atoms with E-state index in [1.165, 1.54) is 7.11 Å². The van der Waals surface area contributed by atoms with E-state index in [9.17, 15) is 14.4 Å². The SMILES string of the molecule is COC(=O)c1ccc2c(c1)NC(=O)/C2=C(\Nc1ccc(C(=O)NCCN)cc1)c1ccccc1. The molecule has 8 nitrogen and oxygen atoms in total. The lowest BCUT2D eigenvalue weighted by Crippen LogP contribution is -2.28. The van der Waals surface area contributed by atoms with Gasteiger partial charge in [-0.3, -0.25) is 9.59 Å². The average Bonchev–Trinajstić information content (AvgIpc) is 3.20. The minimum absolute atomic E-state index is 0.204. The van der Waals surface area contributed by atoms with Crippen molar-refractivity contribution < 1.29 is 19.1 Å². The maximum atomic E-state index is 13.0. The van der Waals surface area contributed by atoms with Gasteiger partial charge in [-0.25, -0.2) is 4.79 Å². The van der Waals surface area contributed by atoms with Crippen LogP contribution in [0.3, 0.4) is 0 Å². The molecule has 1 heterocycles. The zero-order chi connectivity index (χ0) is 24.1. The highest BCUT2D eigenvalue weighted by Gasteiger charge is 2.29. The molecule has 8 heteroatoms. The molecule has 2 amide bonds. The summed E-state index contributed by atoms with van der Waals surface area (Å²) in [6.45, 7) is 0.763. The van der Waals surface area contributed by atoms with Crippen molar-refractivity contribution in [1.82, 2.24) is 5.32 Å². The predicted octanol–water partition coefficient (Wildman–Crippen LogP) is 3.09. The topological polar surface area (TPSA) is 123 Å². The first-order valence-corrected chi connectivity index (χ1v) is 10.7. The van der Waals surface area contributed by atoms with Gasteiger partial charge in [0, 0.05) is 29.9 Å². The summed E-state index contributed by atoms with van der Waals surface area (Å²) in [5.41, 5.74) is 10.1. The number of carbonyl (C=O) groups is 3. The summed E-state index contributed by atoms with van der Waals surface area (Å²) in [6, 6.07) is 21.4. The van der Waals surface area contributed by atoms with Crippen molar-refractivity contribution >= 4 is 40.4 Å². The van der Waals surface area contributed by atoms with Crippen LogP contribution < -0.4 is 21.7 Å². The molecular formula is C26H24N4O4. The van der Waals surface area contributed by atoms with Gasteiger partial charge in [0.2, 0.25) is 0 Å². The third-order valence-electron chi connectivity index (χ3n) is 5.34. The van der Waals surface area contributed by atoms with Gasteiger partial charge in [-0.2, -0.15) is 0 Å². The number of rotatable bonds is 7. The summed E-state index contributed by atoms with van der Waals surface area (Å²) in [7, 11) is 1.31. The van der Waals surface area contributed by atoms with Crippen molar-refractivity contribution in [2.45, 2.75) is 0 Å². The monoisotopic (exact) mass is 456 g/mol. The molecule has 3 aromatic carbocycles. The van der Waals surface area contributed by atoms with Gasteiger partial charge in [-0.05, 0) is 42.0 Å². The Hall–Kier alpha value is -4.43. The fraction of sp³-hybridized carbons (Fsp3) is 0.115. The van der Waals surface area contributed by atoms with E-state index in [4.69, 9.17) is 10.5 Å². The molecule has 5 N–H and O–H groups in total. The van der Waals surface area contributed by atoms with Crippen molar-refractivity contribution in [1.29, 1.82) is 0 Å². The normalized spacial score (nSPS) is 13.5. The van der Waals surface area contributed by atoms with Gasteiger partial charge >= 0.3 is 5.97 Å². The van der Waals surface area contributed by atoms with Crippen LogP contribution in [0.5, 0.6) is 0 Å². The summed E-state index contributed by atoms with van der Waals surface area (Å²) in [6.07, 6.45) is 0. The second-order valence-electron chi connectivity index (χ2n) is 7.57. The number of carbonyl (C=O) groups excluding carboxylic acids is 3. The number of fused-ring (bicyclic) bond motifs is 1. The van der Waals surface area contributed by atoms with E-state index in [1.807, 2.05) is 30.3 Å². The van der Waals surface area contributed by atoms with Crippen molar-refractivity contribution in [3.8, 4) is 0 Å². The quantitative estimate of drug-likeness (QED) is 0.320. The van der Waals surface area contributed by atoms with Gasteiger partial charge in [-0.1, -0.05) is 36.4 Å². The van der Waals surface area contributed by atoms with Crippen LogP contribution in [0.1, 0.15) is 31.8 Å². The average molecular weight is 457 g/mol. The van der Waals surface area contributed by atoms with Gasteiger partial charge in [0.15, 0.2) is 0 Å². The Kier molecular flexibility index (Phi) is 6.70. The van der Waals surface area contributed by atoms with Crippen LogP contribution in [0.15, 0.2) is 72.8 Å². The largest absolute Gasteiger partial charge is 0.465 e. The number of amides is 2. The number of ether oxygens (including phenoxy) is 1. The number of esters is 1. The van der Waals surface area contributed by atoms with Gasteiger partial charge in [0.1, 0.15) is 0 Å². The number of hydrogen-bond donors (Lipinski definition) is 4.